The predicted octanol–water partition coefficient (Wildman–Crippen LogP) is 4.25. The molecule has 0 unspecified atom stereocenters. The summed E-state index contributed by atoms with van der Waals surface area (Å²) >= 11 is 3.40. The molecule has 2 aromatic carbocycles. The number of hydrogen-bond donors (Lipinski definition) is 0. The van der Waals surface area contributed by atoms with Crippen molar-refractivity contribution in [3.8, 4) is 11.5 Å². The first-order valence-corrected chi connectivity index (χ1v) is 7.19. The molecule has 0 fully saturated rings. The molecule has 0 spiro atoms. The molecule has 2 rings (SSSR count). The third-order valence-electron chi connectivity index (χ3n) is 2.86. The molecule has 0 heterocycles. The molecule has 0 saturated carbocycles. The Morgan fingerprint density at radius 3 is 2.52 bits per heavy atom. The molecular weight excluding hydrogens is 332 g/mol. The summed E-state index contributed by atoms with van der Waals surface area (Å²) in [5, 5.41) is 0. The molecule has 0 aliphatic carbocycles. The van der Waals surface area contributed by atoms with Gasteiger partial charge in [-0.2, -0.15) is 0 Å². The first kappa shape index (κ1) is 15.3. The second kappa shape index (κ2) is 7.64. The summed E-state index contributed by atoms with van der Waals surface area (Å²) in [7, 11) is 1.60. The number of methoxy groups -OCH3 is 1. The molecule has 4 heteroatoms. The molecule has 0 aliphatic rings. The van der Waals surface area contributed by atoms with E-state index >= 15 is 0 Å². The van der Waals surface area contributed by atoms with Crippen molar-refractivity contribution < 1.29 is 14.3 Å². The van der Waals surface area contributed by atoms with Gasteiger partial charge in [-0.3, -0.25) is 4.79 Å². The Bertz CT molecular complexity index is 633. The number of hydrogen-bond acceptors (Lipinski definition) is 3. The Balaban J connectivity index is 2.14. The second-order valence-corrected chi connectivity index (χ2v) is 5.24. The van der Waals surface area contributed by atoms with Crippen LogP contribution in [-0.2, 0) is 11.4 Å². The van der Waals surface area contributed by atoms with Crippen molar-refractivity contribution in [2.75, 3.05) is 7.11 Å². The monoisotopic (exact) mass is 346 g/mol. The van der Waals surface area contributed by atoms with E-state index in [2.05, 4.69) is 15.9 Å². The van der Waals surface area contributed by atoms with E-state index in [1.165, 1.54) is 6.08 Å². The minimum absolute atomic E-state index is 0.449. The highest BCUT2D eigenvalue weighted by molar-refractivity contribution is 9.10. The molecular formula is C17H15BrO3. The molecule has 0 radical (unpaired) electrons. The van der Waals surface area contributed by atoms with Crippen molar-refractivity contribution in [2.45, 2.75) is 6.61 Å². The predicted molar refractivity (Wildman–Crippen MR) is 86.6 cm³/mol. The fraction of sp³-hybridized carbons (Fsp3) is 0.118. The normalized spacial score (nSPS) is 10.6. The molecule has 0 amide bonds. The summed E-state index contributed by atoms with van der Waals surface area (Å²) in [6, 6.07) is 13.5. The van der Waals surface area contributed by atoms with Gasteiger partial charge in [-0.25, -0.2) is 0 Å². The van der Waals surface area contributed by atoms with Crippen molar-refractivity contribution in [3.63, 3.8) is 0 Å². The van der Waals surface area contributed by atoms with Crippen molar-refractivity contribution in [1.29, 1.82) is 0 Å². The number of allylic oxidation sites excluding steroid dienone is 1. The van der Waals surface area contributed by atoms with E-state index < -0.39 is 0 Å². The maximum atomic E-state index is 10.4. The summed E-state index contributed by atoms with van der Waals surface area (Å²) in [5.41, 5.74) is 1.95. The summed E-state index contributed by atoms with van der Waals surface area (Å²) in [5.74, 6) is 1.31. The Morgan fingerprint density at radius 1 is 1.10 bits per heavy atom. The maximum Gasteiger partial charge on any atom is 0.162 e. The van der Waals surface area contributed by atoms with Gasteiger partial charge in [0.05, 0.1) is 7.11 Å². The van der Waals surface area contributed by atoms with E-state index in [4.69, 9.17) is 9.47 Å². The van der Waals surface area contributed by atoms with Gasteiger partial charge in [0.15, 0.2) is 11.5 Å². The van der Waals surface area contributed by atoms with Crippen LogP contribution in [0.25, 0.3) is 6.08 Å². The van der Waals surface area contributed by atoms with Gasteiger partial charge in [-0.05, 0) is 41.5 Å². The molecule has 3 nitrogen and oxygen atoms in total. The lowest BCUT2D eigenvalue weighted by Crippen LogP contribution is -1.98. The highest BCUT2D eigenvalue weighted by Crippen LogP contribution is 2.29. The number of halogens is 1. The Kier molecular flexibility index (Phi) is 5.58. The first-order valence-electron chi connectivity index (χ1n) is 6.40. The SMILES string of the molecule is COc1ccc(/C=C/C=O)cc1OCc1ccc(Br)cc1. The molecule has 0 bridgehead atoms. The van der Waals surface area contributed by atoms with Crippen LogP contribution in [0, 0.1) is 0 Å². The smallest absolute Gasteiger partial charge is 0.162 e. The average Bonchev–Trinajstić information content (AvgIpc) is 2.52. The summed E-state index contributed by atoms with van der Waals surface area (Å²) < 4.78 is 12.1. The van der Waals surface area contributed by atoms with Crippen LogP contribution >= 0.6 is 15.9 Å². The van der Waals surface area contributed by atoms with Gasteiger partial charge in [0.25, 0.3) is 0 Å². The van der Waals surface area contributed by atoms with Gasteiger partial charge in [-0.15, -0.1) is 0 Å². The topological polar surface area (TPSA) is 35.5 Å². The van der Waals surface area contributed by atoms with Crippen molar-refractivity contribution in [3.05, 3.63) is 64.1 Å². The molecule has 0 saturated heterocycles. The van der Waals surface area contributed by atoms with E-state index in [9.17, 15) is 4.79 Å². The number of aldehydes is 1. The van der Waals surface area contributed by atoms with Crippen LogP contribution in [0.15, 0.2) is 53.0 Å². The van der Waals surface area contributed by atoms with Gasteiger partial charge >= 0.3 is 0 Å². The summed E-state index contributed by atoms with van der Waals surface area (Å²) in [4.78, 5) is 10.4. The van der Waals surface area contributed by atoms with Gasteiger partial charge in [0.1, 0.15) is 12.9 Å². The van der Waals surface area contributed by atoms with Crippen molar-refractivity contribution in [2.24, 2.45) is 0 Å². The van der Waals surface area contributed by atoms with Gasteiger partial charge in [0, 0.05) is 4.47 Å². The summed E-state index contributed by atoms with van der Waals surface area (Å²) in [6.07, 6.45) is 3.91. The quantitative estimate of drug-likeness (QED) is 0.579. The number of benzene rings is 2. The van der Waals surface area contributed by atoms with E-state index in [0.717, 1.165) is 21.9 Å². The van der Waals surface area contributed by atoms with Crippen LogP contribution in [0.2, 0.25) is 0 Å². The Morgan fingerprint density at radius 2 is 1.86 bits per heavy atom. The second-order valence-electron chi connectivity index (χ2n) is 4.32. The molecule has 0 aliphatic heterocycles. The van der Waals surface area contributed by atoms with Crippen molar-refractivity contribution >= 4 is 28.3 Å². The average molecular weight is 347 g/mol. The highest BCUT2D eigenvalue weighted by Gasteiger charge is 2.05. The van der Waals surface area contributed by atoms with E-state index in [0.29, 0.717) is 18.1 Å². The number of carbonyl (C=O) groups is 1. The minimum Gasteiger partial charge on any atom is -0.493 e. The molecule has 0 N–H and O–H groups in total. The highest BCUT2D eigenvalue weighted by atomic mass is 79.9. The van der Waals surface area contributed by atoms with Crippen LogP contribution in [0.4, 0.5) is 0 Å². The zero-order chi connectivity index (χ0) is 15.1. The Labute approximate surface area is 132 Å². The fourth-order valence-corrected chi connectivity index (χ4v) is 2.07. The largest absolute Gasteiger partial charge is 0.493 e. The fourth-order valence-electron chi connectivity index (χ4n) is 1.80. The first-order chi connectivity index (χ1) is 10.2. The number of rotatable bonds is 6. The molecule has 0 atom stereocenters. The molecule has 2 aromatic rings. The summed E-state index contributed by atoms with van der Waals surface area (Å²) in [6.45, 7) is 0.449. The van der Waals surface area contributed by atoms with Crippen LogP contribution in [0.5, 0.6) is 11.5 Å². The Hall–Kier alpha value is -2.07. The lowest BCUT2D eigenvalue weighted by molar-refractivity contribution is -0.104. The van der Waals surface area contributed by atoms with Gasteiger partial charge in [0.2, 0.25) is 0 Å². The van der Waals surface area contributed by atoms with Crippen LogP contribution in [-0.4, -0.2) is 13.4 Å². The van der Waals surface area contributed by atoms with E-state index in [1.54, 1.807) is 13.2 Å². The van der Waals surface area contributed by atoms with E-state index in [1.807, 2.05) is 42.5 Å². The van der Waals surface area contributed by atoms with Crippen LogP contribution in [0.3, 0.4) is 0 Å². The zero-order valence-electron chi connectivity index (χ0n) is 11.6. The molecule has 0 aromatic heterocycles. The third kappa shape index (κ3) is 4.46. The lowest BCUT2D eigenvalue weighted by Gasteiger charge is -2.11. The minimum atomic E-state index is 0.449. The van der Waals surface area contributed by atoms with Gasteiger partial charge < -0.3 is 9.47 Å². The zero-order valence-corrected chi connectivity index (χ0v) is 13.2. The van der Waals surface area contributed by atoms with Crippen LogP contribution < -0.4 is 9.47 Å². The number of ether oxygens (including phenoxy) is 2. The standard InChI is InChI=1S/C17H15BrO3/c1-20-16-9-6-13(3-2-10-19)11-17(16)21-12-14-4-7-15(18)8-5-14/h2-11H,12H2,1H3/b3-2+. The number of carbonyl (C=O) groups excluding carboxylic acids is 1. The lowest BCUT2D eigenvalue weighted by atomic mass is 10.2. The van der Waals surface area contributed by atoms with E-state index in [-0.39, 0.29) is 0 Å². The maximum absolute atomic E-state index is 10.4. The van der Waals surface area contributed by atoms with Gasteiger partial charge in [-0.1, -0.05) is 40.2 Å². The molecule has 108 valence electrons. The van der Waals surface area contributed by atoms with Crippen LogP contribution in [0.1, 0.15) is 11.1 Å². The molecule has 21 heavy (non-hydrogen) atoms. The van der Waals surface area contributed by atoms with Crippen molar-refractivity contribution in [1.82, 2.24) is 0 Å². The third-order valence-corrected chi connectivity index (χ3v) is 3.39.